The number of pyridine rings is 1. The lowest BCUT2D eigenvalue weighted by atomic mass is 10.1. The molecule has 6 nitrogen and oxygen atoms in total. The number of rotatable bonds is 6. The first-order chi connectivity index (χ1) is 13.3. The number of anilines is 1. The van der Waals surface area contributed by atoms with E-state index in [0.717, 1.165) is 67.9 Å². The van der Waals surface area contributed by atoms with Crippen LogP contribution in [0.15, 0.2) is 42.6 Å². The molecule has 0 amide bonds. The summed E-state index contributed by atoms with van der Waals surface area (Å²) in [7, 11) is 1.70. The number of aromatic nitrogens is 2. The van der Waals surface area contributed by atoms with Crippen LogP contribution >= 0.6 is 0 Å². The van der Waals surface area contributed by atoms with Crippen molar-refractivity contribution in [1.82, 2.24) is 14.3 Å². The number of hydrogen-bond donors (Lipinski definition) is 1. The van der Waals surface area contributed by atoms with Gasteiger partial charge >= 0.3 is 0 Å². The molecule has 1 aromatic carbocycles. The summed E-state index contributed by atoms with van der Waals surface area (Å²) in [5.74, 6) is 1.83. The summed E-state index contributed by atoms with van der Waals surface area (Å²) < 4.78 is 13.1. The average molecular weight is 366 g/mol. The third kappa shape index (κ3) is 3.77. The topological polar surface area (TPSA) is 51.0 Å². The van der Waals surface area contributed by atoms with Crippen molar-refractivity contribution >= 4 is 11.5 Å². The van der Waals surface area contributed by atoms with Crippen molar-refractivity contribution in [2.75, 3.05) is 51.8 Å². The van der Waals surface area contributed by atoms with Crippen LogP contribution in [-0.4, -0.2) is 60.8 Å². The number of morpholine rings is 1. The molecule has 0 unspecified atom stereocenters. The van der Waals surface area contributed by atoms with Crippen molar-refractivity contribution in [3.8, 4) is 17.0 Å². The van der Waals surface area contributed by atoms with E-state index in [1.807, 2.05) is 18.2 Å². The molecule has 27 heavy (non-hydrogen) atoms. The lowest BCUT2D eigenvalue weighted by molar-refractivity contribution is 0.0398. The highest BCUT2D eigenvalue weighted by atomic mass is 16.5. The Labute approximate surface area is 159 Å². The zero-order valence-corrected chi connectivity index (χ0v) is 15.9. The van der Waals surface area contributed by atoms with Gasteiger partial charge in [0.15, 0.2) is 0 Å². The molecule has 2 aromatic heterocycles. The average Bonchev–Trinajstić information content (AvgIpc) is 3.06. The third-order valence-corrected chi connectivity index (χ3v) is 4.95. The number of ether oxygens (including phenoxy) is 2. The molecule has 0 spiro atoms. The van der Waals surface area contributed by atoms with Gasteiger partial charge in [0.1, 0.15) is 22.9 Å². The molecular formula is C21H26N4O2. The molecule has 1 aliphatic rings. The largest absolute Gasteiger partial charge is 0.496 e. The SMILES string of the molecule is COc1ccccc1-c1nc2ccc(C)cn2c1NCCN1CCOCC1. The molecule has 1 N–H and O–H groups in total. The quantitative estimate of drug-likeness (QED) is 0.727. The second-order valence-corrected chi connectivity index (χ2v) is 6.82. The van der Waals surface area contributed by atoms with E-state index in [0.29, 0.717) is 0 Å². The molecule has 0 bridgehead atoms. The van der Waals surface area contributed by atoms with Crippen LogP contribution in [0.3, 0.4) is 0 Å². The van der Waals surface area contributed by atoms with E-state index in [1.165, 1.54) is 5.56 Å². The van der Waals surface area contributed by atoms with E-state index in [4.69, 9.17) is 14.5 Å². The van der Waals surface area contributed by atoms with Crippen LogP contribution in [0.4, 0.5) is 5.82 Å². The minimum atomic E-state index is 0.821. The Balaban J connectivity index is 1.67. The van der Waals surface area contributed by atoms with Gasteiger partial charge in [0, 0.05) is 37.9 Å². The molecule has 142 valence electrons. The second kappa shape index (κ2) is 7.98. The van der Waals surface area contributed by atoms with Crippen molar-refractivity contribution in [2.24, 2.45) is 0 Å². The van der Waals surface area contributed by atoms with Crippen LogP contribution in [0.1, 0.15) is 5.56 Å². The van der Waals surface area contributed by atoms with Gasteiger partial charge < -0.3 is 14.8 Å². The van der Waals surface area contributed by atoms with Crippen LogP contribution in [0.5, 0.6) is 5.75 Å². The summed E-state index contributed by atoms with van der Waals surface area (Å²) in [4.78, 5) is 7.31. The maximum atomic E-state index is 5.57. The van der Waals surface area contributed by atoms with Crippen LogP contribution < -0.4 is 10.1 Å². The van der Waals surface area contributed by atoms with Crippen LogP contribution in [0.2, 0.25) is 0 Å². The van der Waals surface area contributed by atoms with E-state index >= 15 is 0 Å². The number of nitrogens with one attached hydrogen (secondary N) is 1. The first kappa shape index (κ1) is 17.8. The van der Waals surface area contributed by atoms with Gasteiger partial charge in [-0.1, -0.05) is 18.2 Å². The number of imidazole rings is 1. The highest BCUT2D eigenvalue weighted by Crippen LogP contribution is 2.35. The molecule has 3 heterocycles. The fourth-order valence-electron chi connectivity index (χ4n) is 3.51. The monoisotopic (exact) mass is 366 g/mol. The summed E-state index contributed by atoms with van der Waals surface area (Å²) in [6.07, 6.45) is 2.12. The summed E-state index contributed by atoms with van der Waals surface area (Å²) in [6.45, 7) is 7.56. The van der Waals surface area contributed by atoms with Gasteiger partial charge in [-0.25, -0.2) is 4.98 Å². The molecule has 0 atom stereocenters. The molecular weight excluding hydrogens is 340 g/mol. The molecule has 4 rings (SSSR count). The standard InChI is InChI=1S/C21H26N4O2/c1-16-7-8-19-23-20(17-5-3-4-6-18(17)26-2)21(25(19)15-16)22-9-10-24-11-13-27-14-12-24/h3-8,15,22H,9-14H2,1-2H3. The smallest absolute Gasteiger partial charge is 0.139 e. The summed E-state index contributed by atoms with van der Waals surface area (Å²) in [5, 5.41) is 3.62. The molecule has 0 aliphatic carbocycles. The lowest BCUT2D eigenvalue weighted by Gasteiger charge is -2.26. The van der Waals surface area contributed by atoms with Gasteiger partial charge in [0.25, 0.3) is 0 Å². The number of benzene rings is 1. The zero-order valence-electron chi connectivity index (χ0n) is 15.9. The van der Waals surface area contributed by atoms with Gasteiger partial charge in [-0.15, -0.1) is 0 Å². The van der Waals surface area contributed by atoms with Crippen molar-refractivity contribution < 1.29 is 9.47 Å². The number of methoxy groups -OCH3 is 1. The number of hydrogen-bond acceptors (Lipinski definition) is 5. The van der Waals surface area contributed by atoms with E-state index in [2.05, 4.69) is 45.9 Å². The minimum absolute atomic E-state index is 0.821. The van der Waals surface area contributed by atoms with Gasteiger partial charge in [-0.3, -0.25) is 9.30 Å². The number of aryl methyl sites for hydroxylation is 1. The van der Waals surface area contributed by atoms with Gasteiger partial charge in [-0.05, 0) is 30.7 Å². The third-order valence-electron chi connectivity index (χ3n) is 4.95. The molecule has 1 fully saturated rings. The zero-order chi connectivity index (χ0) is 18.6. The predicted octanol–water partition coefficient (Wildman–Crippen LogP) is 3.06. The second-order valence-electron chi connectivity index (χ2n) is 6.82. The number of para-hydroxylation sites is 1. The van der Waals surface area contributed by atoms with Gasteiger partial charge in [0.05, 0.1) is 20.3 Å². The fourth-order valence-corrected chi connectivity index (χ4v) is 3.51. The van der Waals surface area contributed by atoms with E-state index in [1.54, 1.807) is 7.11 Å². The van der Waals surface area contributed by atoms with Crippen molar-refractivity contribution in [2.45, 2.75) is 6.92 Å². The van der Waals surface area contributed by atoms with E-state index in [9.17, 15) is 0 Å². The summed E-state index contributed by atoms with van der Waals surface area (Å²) >= 11 is 0. The first-order valence-electron chi connectivity index (χ1n) is 9.42. The van der Waals surface area contributed by atoms with Crippen LogP contribution in [-0.2, 0) is 4.74 Å². The van der Waals surface area contributed by atoms with Gasteiger partial charge in [0.2, 0.25) is 0 Å². The molecule has 0 saturated carbocycles. The van der Waals surface area contributed by atoms with Crippen molar-refractivity contribution in [1.29, 1.82) is 0 Å². The van der Waals surface area contributed by atoms with Gasteiger partial charge in [-0.2, -0.15) is 0 Å². The van der Waals surface area contributed by atoms with Crippen LogP contribution in [0.25, 0.3) is 16.9 Å². The number of nitrogens with zero attached hydrogens (tertiary/aromatic N) is 3. The van der Waals surface area contributed by atoms with E-state index < -0.39 is 0 Å². The Kier molecular flexibility index (Phi) is 5.27. The molecule has 6 heteroatoms. The molecule has 3 aromatic rings. The van der Waals surface area contributed by atoms with Crippen molar-refractivity contribution in [3.05, 3.63) is 48.2 Å². The maximum Gasteiger partial charge on any atom is 0.139 e. The lowest BCUT2D eigenvalue weighted by Crippen LogP contribution is -2.39. The minimum Gasteiger partial charge on any atom is -0.496 e. The van der Waals surface area contributed by atoms with Crippen molar-refractivity contribution in [3.63, 3.8) is 0 Å². The van der Waals surface area contributed by atoms with Crippen LogP contribution in [0, 0.1) is 6.92 Å². The van der Waals surface area contributed by atoms with E-state index in [-0.39, 0.29) is 0 Å². The Bertz CT molecular complexity index is 916. The number of fused-ring (bicyclic) bond motifs is 1. The predicted molar refractivity (Wildman–Crippen MR) is 108 cm³/mol. The Morgan fingerprint density at radius 2 is 1.96 bits per heavy atom. The fraction of sp³-hybridized carbons (Fsp3) is 0.381. The first-order valence-corrected chi connectivity index (χ1v) is 9.42. The highest BCUT2D eigenvalue weighted by Gasteiger charge is 2.18. The highest BCUT2D eigenvalue weighted by molar-refractivity contribution is 5.80. The Morgan fingerprint density at radius 3 is 2.78 bits per heavy atom. The molecule has 1 saturated heterocycles. The maximum absolute atomic E-state index is 5.57. The normalized spacial score (nSPS) is 15.2. The molecule has 0 radical (unpaired) electrons. The molecule has 1 aliphatic heterocycles. The Hall–Kier alpha value is -2.57. The summed E-state index contributed by atoms with van der Waals surface area (Å²) in [6, 6.07) is 12.2. The summed E-state index contributed by atoms with van der Waals surface area (Å²) in [5.41, 5.74) is 4.04. The Morgan fingerprint density at radius 1 is 1.15 bits per heavy atom.